The Kier molecular flexibility index (Phi) is 4.15. The molecule has 1 atom stereocenters. The minimum Gasteiger partial charge on any atom is -0.424 e. The van der Waals surface area contributed by atoms with Gasteiger partial charge in [-0.2, -0.15) is 0 Å². The van der Waals surface area contributed by atoms with Gasteiger partial charge in [-0.3, -0.25) is 0 Å². The summed E-state index contributed by atoms with van der Waals surface area (Å²) in [6.45, 7) is 7.72. The van der Waals surface area contributed by atoms with Gasteiger partial charge in [-0.15, -0.1) is 10.2 Å². The quantitative estimate of drug-likeness (QED) is 0.852. The summed E-state index contributed by atoms with van der Waals surface area (Å²) in [4.78, 5) is 0. The van der Waals surface area contributed by atoms with E-state index in [4.69, 9.17) is 4.42 Å². The van der Waals surface area contributed by atoms with Crippen molar-refractivity contribution in [1.29, 1.82) is 0 Å². The third-order valence-electron chi connectivity index (χ3n) is 2.92. The van der Waals surface area contributed by atoms with Gasteiger partial charge in [0.05, 0.1) is 0 Å². The first kappa shape index (κ1) is 12.8. The molecule has 2 rings (SSSR count). The molecule has 98 valence electrons. The molecule has 2 heterocycles. The second-order valence-electron chi connectivity index (χ2n) is 4.35. The average Bonchev–Trinajstić information content (AvgIpc) is 2.96. The van der Waals surface area contributed by atoms with Crippen LogP contribution in [-0.2, 0) is 6.54 Å². The molecule has 18 heavy (non-hydrogen) atoms. The second kappa shape index (κ2) is 5.82. The van der Waals surface area contributed by atoms with E-state index in [0.717, 1.165) is 13.0 Å². The number of hydrogen-bond donors (Lipinski definition) is 1. The van der Waals surface area contributed by atoms with Gasteiger partial charge >= 0.3 is 0 Å². The van der Waals surface area contributed by atoms with Gasteiger partial charge in [-0.1, -0.05) is 13.8 Å². The van der Waals surface area contributed by atoms with E-state index in [9.17, 15) is 0 Å². The van der Waals surface area contributed by atoms with Crippen LogP contribution in [0.3, 0.4) is 0 Å². The largest absolute Gasteiger partial charge is 0.424 e. The van der Waals surface area contributed by atoms with E-state index in [1.54, 1.807) is 6.92 Å². The molecule has 0 aromatic carbocycles. The van der Waals surface area contributed by atoms with Gasteiger partial charge in [0, 0.05) is 25.4 Å². The van der Waals surface area contributed by atoms with E-state index in [0.29, 0.717) is 24.4 Å². The molecule has 0 aliphatic carbocycles. The molecule has 5 nitrogen and oxygen atoms in total. The van der Waals surface area contributed by atoms with E-state index in [1.807, 2.05) is 0 Å². The van der Waals surface area contributed by atoms with E-state index in [2.05, 4.69) is 52.4 Å². The molecule has 0 aliphatic rings. The minimum absolute atomic E-state index is 0.417. The van der Waals surface area contributed by atoms with Crippen molar-refractivity contribution in [2.75, 3.05) is 6.54 Å². The van der Waals surface area contributed by atoms with E-state index < -0.39 is 0 Å². The van der Waals surface area contributed by atoms with Crippen LogP contribution in [-0.4, -0.2) is 21.3 Å². The zero-order chi connectivity index (χ0) is 13.0. The van der Waals surface area contributed by atoms with Crippen molar-refractivity contribution in [2.24, 2.45) is 0 Å². The maximum atomic E-state index is 5.37. The van der Waals surface area contributed by atoms with Gasteiger partial charge in [0.25, 0.3) is 0 Å². The highest BCUT2D eigenvalue weighted by molar-refractivity contribution is 5.15. The molecule has 0 amide bonds. The van der Waals surface area contributed by atoms with Crippen LogP contribution in [0.1, 0.15) is 43.7 Å². The van der Waals surface area contributed by atoms with Crippen LogP contribution in [0.2, 0.25) is 0 Å². The molecular weight excluding hydrogens is 228 g/mol. The number of hydrogen-bond acceptors (Lipinski definition) is 4. The Morgan fingerprint density at radius 1 is 1.39 bits per heavy atom. The molecule has 0 spiro atoms. The Morgan fingerprint density at radius 3 is 2.83 bits per heavy atom. The number of aromatic nitrogens is 3. The van der Waals surface area contributed by atoms with Gasteiger partial charge < -0.3 is 14.3 Å². The summed E-state index contributed by atoms with van der Waals surface area (Å²) in [5, 5.41) is 11.3. The van der Waals surface area contributed by atoms with Gasteiger partial charge in [0.2, 0.25) is 11.8 Å². The predicted molar refractivity (Wildman–Crippen MR) is 69.3 cm³/mol. The first-order valence-electron chi connectivity index (χ1n) is 6.41. The standard InChI is InChI=1S/C13H20N4O/c1-4-12(14-5-2)11-6-7-17(8-11)9-13-16-15-10(3)18-13/h6-8,12,14H,4-5,9H2,1-3H3. The molecule has 1 unspecified atom stereocenters. The molecule has 0 bridgehead atoms. The number of aryl methyl sites for hydroxylation is 1. The smallest absolute Gasteiger partial charge is 0.236 e. The van der Waals surface area contributed by atoms with Crippen LogP contribution in [0.4, 0.5) is 0 Å². The van der Waals surface area contributed by atoms with Gasteiger partial charge in [0.15, 0.2) is 0 Å². The fourth-order valence-corrected chi connectivity index (χ4v) is 2.07. The topological polar surface area (TPSA) is 55.9 Å². The molecular formula is C13H20N4O. The monoisotopic (exact) mass is 248 g/mol. The van der Waals surface area contributed by atoms with E-state index in [-0.39, 0.29) is 0 Å². The minimum atomic E-state index is 0.417. The fourth-order valence-electron chi connectivity index (χ4n) is 2.07. The average molecular weight is 248 g/mol. The van der Waals surface area contributed by atoms with E-state index >= 15 is 0 Å². The predicted octanol–water partition coefficient (Wildman–Crippen LogP) is 2.29. The highest BCUT2D eigenvalue weighted by atomic mass is 16.4. The van der Waals surface area contributed by atoms with Gasteiger partial charge in [-0.05, 0) is 24.6 Å². The van der Waals surface area contributed by atoms with Crippen LogP contribution in [0, 0.1) is 6.92 Å². The van der Waals surface area contributed by atoms with Gasteiger partial charge in [0.1, 0.15) is 6.54 Å². The number of rotatable bonds is 6. The molecule has 0 radical (unpaired) electrons. The van der Waals surface area contributed by atoms with Crippen molar-refractivity contribution in [3.63, 3.8) is 0 Å². The maximum Gasteiger partial charge on any atom is 0.236 e. The Hall–Kier alpha value is -1.62. The number of nitrogens with one attached hydrogen (secondary N) is 1. The molecule has 0 aliphatic heterocycles. The summed E-state index contributed by atoms with van der Waals surface area (Å²) in [7, 11) is 0. The Balaban J connectivity index is 2.05. The maximum absolute atomic E-state index is 5.37. The molecule has 2 aromatic rings. The van der Waals surface area contributed by atoms with Crippen molar-refractivity contribution < 1.29 is 4.42 Å². The highest BCUT2D eigenvalue weighted by Crippen LogP contribution is 2.17. The zero-order valence-corrected chi connectivity index (χ0v) is 11.2. The summed E-state index contributed by atoms with van der Waals surface area (Å²) < 4.78 is 7.44. The molecule has 2 aromatic heterocycles. The van der Waals surface area contributed by atoms with Crippen molar-refractivity contribution in [1.82, 2.24) is 20.1 Å². The SMILES string of the molecule is CCNC(CC)c1ccn(Cc2nnc(C)o2)c1. The van der Waals surface area contributed by atoms with Crippen molar-refractivity contribution in [2.45, 2.75) is 39.8 Å². The third kappa shape index (κ3) is 2.98. The summed E-state index contributed by atoms with van der Waals surface area (Å²) >= 11 is 0. The highest BCUT2D eigenvalue weighted by Gasteiger charge is 2.10. The first-order chi connectivity index (χ1) is 8.72. The van der Waals surface area contributed by atoms with Crippen molar-refractivity contribution >= 4 is 0 Å². The third-order valence-corrected chi connectivity index (χ3v) is 2.92. The van der Waals surface area contributed by atoms with Gasteiger partial charge in [-0.25, -0.2) is 0 Å². The zero-order valence-electron chi connectivity index (χ0n) is 11.2. The fraction of sp³-hybridized carbons (Fsp3) is 0.538. The number of nitrogens with zero attached hydrogens (tertiary/aromatic N) is 3. The molecule has 1 N–H and O–H groups in total. The Bertz CT molecular complexity index is 489. The lowest BCUT2D eigenvalue weighted by atomic mass is 10.1. The Labute approximate surface area is 107 Å². The summed E-state index contributed by atoms with van der Waals surface area (Å²) in [6, 6.07) is 2.56. The van der Waals surface area contributed by atoms with Crippen LogP contribution in [0.5, 0.6) is 0 Å². The van der Waals surface area contributed by atoms with E-state index in [1.165, 1.54) is 5.56 Å². The lowest BCUT2D eigenvalue weighted by Gasteiger charge is -2.13. The van der Waals surface area contributed by atoms with Crippen LogP contribution < -0.4 is 5.32 Å². The molecule has 5 heteroatoms. The summed E-state index contributed by atoms with van der Waals surface area (Å²) in [5.41, 5.74) is 1.30. The Morgan fingerprint density at radius 2 is 2.22 bits per heavy atom. The normalized spacial score (nSPS) is 12.8. The van der Waals surface area contributed by atoms with Crippen LogP contribution in [0.25, 0.3) is 0 Å². The summed E-state index contributed by atoms with van der Waals surface area (Å²) in [6.07, 6.45) is 5.27. The van der Waals surface area contributed by atoms with Crippen molar-refractivity contribution in [3.8, 4) is 0 Å². The molecule has 0 saturated heterocycles. The lowest BCUT2D eigenvalue weighted by Crippen LogP contribution is -2.19. The first-order valence-corrected chi connectivity index (χ1v) is 6.41. The lowest BCUT2D eigenvalue weighted by molar-refractivity contribution is 0.454. The second-order valence-corrected chi connectivity index (χ2v) is 4.35. The molecule has 0 saturated carbocycles. The van der Waals surface area contributed by atoms with Crippen molar-refractivity contribution in [3.05, 3.63) is 35.8 Å². The van der Waals surface area contributed by atoms with Crippen LogP contribution in [0.15, 0.2) is 22.9 Å². The molecule has 0 fully saturated rings. The summed E-state index contributed by atoms with van der Waals surface area (Å²) in [5.74, 6) is 1.25. The van der Waals surface area contributed by atoms with Crippen LogP contribution >= 0.6 is 0 Å².